The van der Waals surface area contributed by atoms with Crippen molar-refractivity contribution < 1.29 is 42.9 Å². The number of nitrogens with one attached hydrogen (secondary N) is 4. The number of methoxy groups -OCH3 is 2. The van der Waals surface area contributed by atoms with Crippen LogP contribution < -0.4 is 25.8 Å². The molecule has 0 radical (unpaired) electrons. The maximum absolute atomic E-state index is 12.9. The highest BCUT2D eigenvalue weighted by Crippen LogP contribution is 2.28. The predicted octanol–water partition coefficient (Wildman–Crippen LogP) is 12.6. The maximum Gasteiger partial charge on any atom is 0.410 e. The summed E-state index contributed by atoms with van der Waals surface area (Å²) in [5.74, 6) is -0.905. The van der Waals surface area contributed by atoms with Gasteiger partial charge in [0.15, 0.2) is 0 Å². The number of hydrogen-bond donors (Lipinski definition) is 4. The zero-order valence-electron chi connectivity index (χ0n) is 60.8. The number of halogens is 2. The Morgan fingerprint density at radius 1 is 0.453 bits per heavy atom. The number of carbonyl (C=O) groups excluding carboxylic acids is 5. The van der Waals surface area contributed by atoms with Gasteiger partial charge in [-0.15, -0.1) is 0 Å². The fourth-order valence-corrected chi connectivity index (χ4v) is 12.5. The van der Waals surface area contributed by atoms with Crippen LogP contribution in [0, 0.1) is 0 Å². The quantitative estimate of drug-likeness (QED) is 0.0616. The number of anilines is 2. The molecule has 7 aromatic heterocycles. The van der Waals surface area contributed by atoms with Gasteiger partial charge in [0.2, 0.25) is 0 Å². The van der Waals surface area contributed by atoms with Gasteiger partial charge in [-0.05, 0) is 167 Å². The van der Waals surface area contributed by atoms with E-state index in [0.29, 0.717) is 65.6 Å². The Kier molecular flexibility index (Phi) is 25.3. The lowest BCUT2D eigenvalue weighted by Crippen LogP contribution is -2.50. The first-order valence-electron chi connectivity index (χ1n) is 35.1. The number of esters is 2. The molecule has 10 heterocycles. The molecule has 0 unspecified atom stereocenters. The predicted molar refractivity (Wildman–Crippen MR) is 412 cm³/mol. The van der Waals surface area contributed by atoms with Gasteiger partial charge in [-0.2, -0.15) is 5.10 Å². The van der Waals surface area contributed by atoms with Gasteiger partial charge in [-0.25, -0.2) is 19.2 Å². The van der Waals surface area contributed by atoms with Crippen LogP contribution in [0.2, 0.25) is 10.0 Å². The number of aromatic amines is 1. The lowest BCUT2D eigenvalue weighted by molar-refractivity contribution is 0.0223. The summed E-state index contributed by atoms with van der Waals surface area (Å²) in [7, 11) is 2.73. The summed E-state index contributed by atoms with van der Waals surface area (Å²) < 4.78 is 20.3. The van der Waals surface area contributed by atoms with Crippen LogP contribution in [0.15, 0.2) is 165 Å². The van der Waals surface area contributed by atoms with Crippen molar-refractivity contribution in [2.24, 2.45) is 0 Å². The van der Waals surface area contributed by atoms with Gasteiger partial charge >= 0.3 is 24.1 Å². The van der Waals surface area contributed by atoms with Crippen molar-refractivity contribution in [3.63, 3.8) is 0 Å². The largest absolute Gasteiger partial charge is 0.465 e. The molecule has 3 fully saturated rings. The van der Waals surface area contributed by atoms with E-state index in [1.165, 1.54) is 14.2 Å². The number of nitrogens with zero attached hydrogens (tertiary/aromatic N) is 11. The smallest absolute Gasteiger partial charge is 0.410 e. The number of fused-ring (bicyclic) bond motifs is 4. The molecule has 11 aromatic rings. The maximum atomic E-state index is 12.9. The highest BCUT2D eigenvalue weighted by molar-refractivity contribution is 6.31. The van der Waals surface area contributed by atoms with E-state index in [0.717, 1.165) is 160 Å². The Hall–Kier alpha value is -10.9. The molecule has 0 aliphatic carbocycles. The number of amides is 3. The lowest BCUT2D eigenvalue weighted by Gasteiger charge is -2.36. The Morgan fingerprint density at radius 3 is 1.36 bits per heavy atom. The third-order valence-electron chi connectivity index (χ3n) is 17.5. The number of aromatic nitrogens is 8. The molecular weight excluding hydrogens is 1390 g/mol. The molecule has 0 spiro atoms. The summed E-state index contributed by atoms with van der Waals surface area (Å²) in [5, 5.41) is 22.0. The number of H-pyrrole nitrogens is 1. The number of piperazine rings is 3. The Bertz CT molecular complexity index is 4930. The topological polar surface area (TPSA) is 277 Å². The molecule has 0 saturated carbocycles. The molecule has 26 heteroatoms. The van der Waals surface area contributed by atoms with Crippen LogP contribution in [0.5, 0.6) is 0 Å². The molecule has 3 aliphatic heterocycles. The van der Waals surface area contributed by atoms with Crippen molar-refractivity contribution in [3.05, 3.63) is 231 Å². The minimum absolute atomic E-state index is 0.170. The van der Waals surface area contributed by atoms with Crippen molar-refractivity contribution in [1.29, 1.82) is 0 Å². The van der Waals surface area contributed by atoms with Crippen molar-refractivity contribution in [2.45, 2.75) is 78.6 Å². The van der Waals surface area contributed by atoms with Crippen LogP contribution in [0.3, 0.4) is 0 Å². The van der Waals surface area contributed by atoms with Crippen LogP contribution in [0.4, 0.5) is 21.0 Å². The van der Waals surface area contributed by atoms with Crippen molar-refractivity contribution in [2.75, 3.05) is 103 Å². The van der Waals surface area contributed by atoms with E-state index in [9.17, 15) is 24.0 Å². The first-order valence-corrected chi connectivity index (χ1v) is 35.8. The van der Waals surface area contributed by atoms with E-state index in [2.05, 4.69) is 96.2 Å². The van der Waals surface area contributed by atoms with Gasteiger partial charge in [0, 0.05) is 172 Å². The van der Waals surface area contributed by atoms with Crippen LogP contribution in [-0.2, 0) is 44.8 Å². The van der Waals surface area contributed by atoms with E-state index in [1.807, 2.05) is 115 Å². The third-order valence-corrected chi connectivity index (χ3v) is 17.9. The summed E-state index contributed by atoms with van der Waals surface area (Å²) in [6.45, 7) is 21.4. The number of rotatable bonds is 13. The van der Waals surface area contributed by atoms with E-state index in [1.54, 1.807) is 71.0 Å². The molecule has 3 aliphatic rings. The summed E-state index contributed by atoms with van der Waals surface area (Å²) in [4.78, 5) is 94.9. The zero-order valence-corrected chi connectivity index (χ0v) is 62.3. The molecule has 14 rings (SSSR count). The summed E-state index contributed by atoms with van der Waals surface area (Å²) >= 11 is 12.1. The zero-order chi connectivity index (χ0) is 74.9. The molecule has 24 nitrogen and oxygen atoms in total. The van der Waals surface area contributed by atoms with Gasteiger partial charge in [0.1, 0.15) is 11.2 Å². The van der Waals surface area contributed by atoms with E-state index < -0.39 is 5.60 Å². The van der Waals surface area contributed by atoms with E-state index in [-0.39, 0.29) is 35.6 Å². The monoisotopic (exact) mass is 1470 g/mol. The second-order valence-electron chi connectivity index (χ2n) is 27.7. The number of ether oxygens (including phenoxy) is 4. The molecule has 4 aromatic carbocycles. The Morgan fingerprint density at radius 2 is 0.877 bits per heavy atom. The number of carbonyl (C=O) groups is 5. The van der Waals surface area contributed by atoms with Gasteiger partial charge < -0.3 is 54.5 Å². The minimum Gasteiger partial charge on any atom is -0.465 e. The fourth-order valence-electron chi connectivity index (χ4n) is 12.2. The summed E-state index contributed by atoms with van der Waals surface area (Å²) in [6, 6.07) is 40.5. The van der Waals surface area contributed by atoms with Gasteiger partial charge in [0.05, 0.1) is 88.4 Å². The van der Waals surface area contributed by atoms with Crippen LogP contribution in [-0.4, -0.2) is 184 Å². The highest BCUT2D eigenvalue weighted by atomic mass is 35.5. The first-order chi connectivity index (χ1) is 51.0. The summed E-state index contributed by atoms with van der Waals surface area (Å²) in [5.41, 5.74) is 12.9. The third kappa shape index (κ3) is 21.4. The number of benzene rings is 4. The molecule has 106 heavy (non-hydrogen) atoms. The normalized spacial score (nSPS) is 13.9. The fraction of sp³-hybridized carbons (Fsp3) is 0.325. The van der Waals surface area contributed by atoms with Crippen LogP contribution in [0.1, 0.15) is 112 Å². The second-order valence-corrected chi connectivity index (χ2v) is 28.6. The lowest BCUT2D eigenvalue weighted by atomic mass is 10.0. The molecule has 0 bridgehead atoms. The summed E-state index contributed by atoms with van der Waals surface area (Å²) in [6.07, 6.45) is 11.8. The highest BCUT2D eigenvalue weighted by Gasteiger charge is 2.27. The number of pyridine rings is 6. The Labute approximate surface area is 625 Å². The SMILES string of the molecule is CC(C)(C)OC(=O)N1CCNCC1.COC(=O)c1ccnc(Cc2ccc3ncc(Cl)cc3c2)c1.COC(=O)c1ccnc(Cc2ccc3ncc(N4CCN(C(=O)OC(C)(C)C)CC4)cc3c2)c1.O=C(NCc1[nH]nc2ccc(Cl)cc12)c1ccnc(Cc2ccc3ncc(N4CCNCC4)cc3c2)c1. The van der Waals surface area contributed by atoms with E-state index in [4.69, 9.17) is 42.1 Å². The molecule has 4 N–H and O–H groups in total. The van der Waals surface area contributed by atoms with Gasteiger partial charge in [-0.1, -0.05) is 41.4 Å². The minimum atomic E-state index is -0.496. The molecule has 3 amide bonds. The van der Waals surface area contributed by atoms with Gasteiger partial charge in [-0.3, -0.25) is 39.8 Å². The average Bonchev–Trinajstić information content (AvgIpc) is 1.59. The molecule has 0 atom stereocenters. The van der Waals surface area contributed by atoms with Crippen LogP contribution in [0.25, 0.3) is 43.6 Å². The second kappa shape index (κ2) is 35.2. The van der Waals surface area contributed by atoms with E-state index >= 15 is 0 Å². The first kappa shape index (κ1) is 76.2. The number of hydrogen-bond acceptors (Lipinski definition) is 20. The van der Waals surface area contributed by atoms with Crippen molar-refractivity contribution >= 4 is 108 Å². The van der Waals surface area contributed by atoms with Crippen LogP contribution >= 0.6 is 23.2 Å². The van der Waals surface area contributed by atoms with Crippen molar-refractivity contribution in [3.8, 4) is 0 Å². The average molecular weight is 1470 g/mol. The molecular formula is C80H87Cl2N15O9. The van der Waals surface area contributed by atoms with Crippen molar-refractivity contribution in [1.82, 2.24) is 65.9 Å². The van der Waals surface area contributed by atoms with Gasteiger partial charge in [0.25, 0.3) is 5.91 Å². The molecule has 3 saturated heterocycles. The Balaban J connectivity index is 0.000000150. The molecule has 550 valence electrons. The standard InChI is InChI=1S/C28H26ClN7O.C26H30N4O4.C17H13ClN2O2.C9H18N2O2/c29-21-2-4-26-24(15-21)27(35-34-26)17-33-28(37)19-5-6-31-22(13-19)12-18-1-3-25-20(11-18)14-23(16-32-25)36-9-7-30-8-10-36;1-26(2,3)34-25(32)30-11-9-29(10-12-30)22-16-20-13-18(5-6-23(20)28-17-22)14-21-15-19(7-8-27-21)24(31)33-4;1-22-17(21)12-4-5-19-15(9-12)7-11-2-3-16-13(6-11)8-14(18)10-20-16;1-9(2,3)13-8(12)11-6-4-10-5-7-11/h1-6,11,13-16,30H,7-10,12,17H2,(H,33,37)(H,34,35);5-8,13,15-17H,9-12,14H2,1-4H3;2-6,8-10H,7H2,1H3;10H,4-7H2,1-3H3.